The number of carbonyl (C=O) groups is 1. The number of pyridine rings is 1. The van der Waals surface area contributed by atoms with E-state index in [0.717, 1.165) is 20.8 Å². The van der Waals surface area contributed by atoms with Gasteiger partial charge in [0.15, 0.2) is 0 Å². The smallest absolute Gasteiger partial charge is 0.334 e. The van der Waals surface area contributed by atoms with Gasteiger partial charge in [-0.25, -0.2) is 32.3 Å². The molecule has 0 spiro atoms. The van der Waals surface area contributed by atoms with Gasteiger partial charge < -0.3 is 16.0 Å². The first-order valence-corrected chi connectivity index (χ1v) is 12.3. The highest BCUT2D eigenvalue weighted by atomic mass is 32.2. The van der Waals surface area contributed by atoms with Gasteiger partial charge in [0.05, 0.1) is 22.8 Å². The molecule has 0 atom stereocenters. The molecule has 5 N–H and O–H groups in total. The van der Waals surface area contributed by atoms with Crippen LogP contribution in [0.2, 0.25) is 0 Å². The molecule has 2 amide bonds. The Bertz CT molecular complexity index is 1700. The zero-order valence-corrected chi connectivity index (χ0v) is 20.0. The molecule has 0 aliphatic carbocycles. The summed E-state index contributed by atoms with van der Waals surface area (Å²) in [5.41, 5.74) is 5.45. The number of aliphatic imine (C=N–C) groups is 1. The third-order valence-corrected chi connectivity index (χ3v) is 7.70. The average molecular weight is 514 g/mol. The number of sulfonamides is 1. The van der Waals surface area contributed by atoms with E-state index in [4.69, 9.17) is 5.73 Å². The molecule has 0 bridgehead atoms. The van der Waals surface area contributed by atoms with Crippen LogP contribution in [-0.2, 0) is 10.0 Å². The first-order valence-electron chi connectivity index (χ1n) is 9.97. The molecule has 4 rings (SSSR count). The van der Waals surface area contributed by atoms with Crippen LogP contribution in [0.1, 0.15) is 10.4 Å². The average Bonchev–Trinajstić information content (AvgIpc) is 3.26. The molecule has 0 radical (unpaired) electrons. The van der Waals surface area contributed by atoms with Crippen LogP contribution in [0.4, 0.5) is 10.5 Å². The summed E-state index contributed by atoms with van der Waals surface area (Å²) in [6.07, 6.45) is 1.19. The third-order valence-electron chi connectivity index (χ3n) is 4.88. The Morgan fingerprint density at radius 3 is 2.57 bits per heavy atom. The Morgan fingerprint density at radius 1 is 1.17 bits per heavy atom. The summed E-state index contributed by atoms with van der Waals surface area (Å²) in [6, 6.07) is 9.44. The summed E-state index contributed by atoms with van der Waals surface area (Å²) < 4.78 is 27.3. The Kier molecular flexibility index (Phi) is 6.24. The van der Waals surface area contributed by atoms with Crippen LogP contribution in [0.25, 0.3) is 16.7 Å². The number of benzene rings is 1. The van der Waals surface area contributed by atoms with Crippen molar-refractivity contribution < 1.29 is 13.2 Å². The monoisotopic (exact) mass is 513 g/mol. The fourth-order valence-corrected chi connectivity index (χ4v) is 5.38. The summed E-state index contributed by atoms with van der Waals surface area (Å²) in [7, 11) is -2.50. The van der Waals surface area contributed by atoms with Crippen LogP contribution in [0.3, 0.4) is 0 Å². The first kappa shape index (κ1) is 23.8. The van der Waals surface area contributed by atoms with E-state index in [1.54, 1.807) is 25.1 Å². The van der Waals surface area contributed by atoms with Crippen LogP contribution < -0.4 is 27.0 Å². The molecule has 0 aliphatic heterocycles. The predicted molar refractivity (Wildman–Crippen MR) is 133 cm³/mol. The van der Waals surface area contributed by atoms with Crippen LogP contribution in [0, 0.1) is 6.92 Å². The molecule has 1 aromatic carbocycles. The van der Waals surface area contributed by atoms with Gasteiger partial charge in [-0.1, -0.05) is 6.07 Å². The SMILES string of the molecule is CN=C(N)c1ccc2c(=O)n(-c3ccc(NC(=O)NS(=O)(=O)c4ccc(C)s4)cn3)c(=O)[nH]c2c1. The fourth-order valence-electron chi connectivity index (χ4n) is 3.19. The number of amidine groups is 1. The van der Waals surface area contributed by atoms with Crippen LogP contribution in [0.5, 0.6) is 0 Å². The summed E-state index contributed by atoms with van der Waals surface area (Å²) in [5, 5.41) is 2.58. The van der Waals surface area contributed by atoms with Crippen molar-refractivity contribution in [3.8, 4) is 5.82 Å². The van der Waals surface area contributed by atoms with E-state index >= 15 is 0 Å². The van der Waals surface area contributed by atoms with E-state index in [1.807, 2.05) is 4.72 Å². The molecule has 0 unspecified atom stereocenters. The van der Waals surface area contributed by atoms with E-state index in [-0.39, 0.29) is 32.5 Å². The number of fused-ring (bicyclic) bond motifs is 1. The zero-order chi connectivity index (χ0) is 25.3. The van der Waals surface area contributed by atoms with E-state index in [0.29, 0.717) is 5.56 Å². The molecule has 14 heteroatoms. The Labute approximate surface area is 202 Å². The van der Waals surface area contributed by atoms with Gasteiger partial charge in [-0.15, -0.1) is 11.3 Å². The highest BCUT2D eigenvalue weighted by Crippen LogP contribution is 2.20. The summed E-state index contributed by atoms with van der Waals surface area (Å²) >= 11 is 1.03. The minimum atomic E-state index is -4.02. The standard InChI is InChI=1S/C21H19N7O5S2/c1-11-3-8-17(34-11)35(32,33)27-20(30)25-13-5-7-16(24-10-13)28-19(29)14-6-4-12(18(22)23-2)9-15(14)26-21(28)31/h3-10H,1-2H3,(H2,22,23)(H,26,31)(H2,25,27,30). The maximum Gasteiger partial charge on any atom is 0.334 e. The number of nitrogens with two attached hydrogens (primary N) is 1. The van der Waals surface area contributed by atoms with Crippen molar-refractivity contribution in [1.82, 2.24) is 19.3 Å². The highest BCUT2D eigenvalue weighted by Gasteiger charge is 2.19. The summed E-state index contributed by atoms with van der Waals surface area (Å²) in [5.74, 6) is 0.258. The Hall–Kier alpha value is -4.30. The molecular formula is C21H19N7O5S2. The van der Waals surface area contributed by atoms with Gasteiger partial charge >= 0.3 is 11.7 Å². The highest BCUT2D eigenvalue weighted by molar-refractivity contribution is 7.92. The molecule has 3 heterocycles. The lowest BCUT2D eigenvalue weighted by Gasteiger charge is -2.09. The van der Waals surface area contributed by atoms with Crippen molar-refractivity contribution in [2.45, 2.75) is 11.1 Å². The number of aromatic amines is 1. The van der Waals surface area contributed by atoms with Gasteiger partial charge in [0, 0.05) is 17.5 Å². The molecule has 3 aromatic heterocycles. The topological polar surface area (TPSA) is 181 Å². The Balaban J connectivity index is 1.57. The molecular weight excluding hydrogens is 494 g/mol. The summed E-state index contributed by atoms with van der Waals surface area (Å²) in [4.78, 5) is 49.1. The van der Waals surface area contributed by atoms with Gasteiger partial charge in [-0.3, -0.25) is 9.79 Å². The molecule has 12 nitrogen and oxygen atoms in total. The van der Waals surface area contributed by atoms with Gasteiger partial charge in [-0.2, -0.15) is 0 Å². The molecule has 35 heavy (non-hydrogen) atoms. The van der Waals surface area contributed by atoms with Crippen LogP contribution >= 0.6 is 11.3 Å². The lowest BCUT2D eigenvalue weighted by atomic mass is 10.1. The number of rotatable bonds is 5. The quantitative estimate of drug-likeness (QED) is 0.229. The molecule has 0 saturated heterocycles. The minimum Gasteiger partial charge on any atom is -0.384 e. The molecule has 4 aromatic rings. The second-order valence-corrected chi connectivity index (χ2v) is 10.5. The van der Waals surface area contributed by atoms with E-state index in [1.165, 1.54) is 37.5 Å². The fraction of sp³-hybridized carbons (Fsp3) is 0.0952. The number of aromatic nitrogens is 3. The number of nitrogens with one attached hydrogen (secondary N) is 3. The zero-order valence-electron chi connectivity index (χ0n) is 18.4. The first-order chi connectivity index (χ1) is 16.6. The van der Waals surface area contributed by atoms with Gasteiger partial charge in [0.2, 0.25) is 0 Å². The van der Waals surface area contributed by atoms with Crippen molar-refractivity contribution in [1.29, 1.82) is 0 Å². The number of aryl methyl sites for hydroxylation is 1. The molecule has 0 fully saturated rings. The number of hydrogen-bond acceptors (Lipinski definition) is 8. The lowest BCUT2D eigenvalue weighted by molar-refractivity contribution is 0.256. The van der Waals surface area contributed by atoms with E-state index in [2.05, 4.69) is 20.3 Å². The van der Waals surface area contributed by atoms with E-state index in [9.17, 15) is 22.8 Å². The van der Waals surface area contributed by atoms with Crippen LogP contribution in [-0.4, -0.2) is 41.9 Å². The van der Waals surface area contributed by atoms with Gasteiger partial charge in [0.25, 0.3) is 15.6 Å². The second kappa shape index (κ2) is 9.15. The number of H-pyrrole nitrogens is 1. The second-order valence-electron chi connectivity index (χ2n) is 7.27. The third kappa shape index (κ3) is 4.83. The summed E-state index contributed by atoms with van der Waals surface area (Å²) in [6.45, 7) is 1.75. The largest absolute Gasteiger partial charge is 0.384 e. The number of nitrogens with zero attached hydrogens (tertiary/aromatic N) is 3. The number of thiophene rings is 1. The maximum atomic E-state index is 13.0. The number of hydrogen-bond donors (Lipinski definition) is 4. The van der Waals surface area contributed by atoms with Crippen molar-refractivity contribution in [3.05, 3.63) is 79.9 Å². The predicted octanol–water partition coefficient (Wildman–Crippen LogP) is 1.29. The van der Waals surface area contributed by atoms with Crippen LogP contribution in [0.15, 0.2) is 67.5 Å². The van der Waals surface area contributed by atoms with Crippen molar-refractivity contribution in [2.24, 2.45) is 10.7 Å². The van der Waals surface area contributed by atoms with Gasteiger partial charge in [-0.05, 0) is 43.3 Å². The molecule has 0 saturated carbocycles. The molecule has 180 valence electrons. The molecule has 0 aliphatic rings. The van der Waals surface area contributed by atoms with E-state index < -0.39 is 27.3 Å². The minimum absolute atomic E-state index is 0.00417. The van der Waals surface area contributed by atoms with Crippen molar-refractivity contribution in [3.63, 3.8) is 0 Å². The Morgan fingerprint density at radius 2 is 1.94 bits per heavy atom. The van der Waals surface area contributed by atoms with Crippen molar-refractivity contribution >= 4 is 49.8 Å². The number of anilines is 1. The normalized spacial score (nSPS) is 12.0. The van der Waals surface area contributed by atoms with Gasteiger partial charge in [0.1, 0.15) is 15.9 Å². The number of urea groups is 1. The van der Waals surface area contributed by atoms with Crippen molar-refractivity contribution in [2.75, 3.05) is 12.4 Å². The number of amides is 2. The maximum absolute atomic E-state index is 13.0. The number of carbonyl (C=O) groups excluding carboxylic acids is 1. The lowest BCUT2D eigenvalue weighted by Crippen LogP contribution is -2.35.